The van der Waals surface area contributed by atoms with E-state index < -0.39 is 0 Å². The summed E-state index contributed by atoms with van der Waals surface area (Å²) in [4.78, 5) is 4.91. The monoisotopic (exact) mass is 1490 g/mol. The molecule has 1 atom stereocenters. The lowest BCUT2D eigenvalue weighted by Crippen LogP contribution is -2.30. The van der Waals surface area contributed by atoms with Gasteiger partial charge in [0.2, 0.25) is 0 Å². The molecule has 0 spiro atoms. The van der Waals surface area contributed by atoms with Crippen molar-refractivity contribution in [1.29, 1.82) is 0 Å². The van der Waals surface area contributed by atoms with Crippen LogP contribution in [-0.2, 0) is 0 Å². The standard InChI is InChI=1S/C108H72N4S2/c1-3-21-71(22-4-1)73-41-55-81(56-42-73)109(83-59-45-75(46-60-83)79-54-68-105-97(69-79)95-30-12-18-39-104(95)113-105)85-63-49-77(50-64-85)88-67-53-80(70-103(88)112-101-37-16-10-28-93(101)94-29-11-17-38-102(94)112)90-32-19-33-96-107-89(31-20-40-106(107)114-108(90)96)78-51-65-86(66-52-78)110(82-57-43-74(44-58-82)72-23-5-2-6-24-72)84-61-47-76(48-62-84)87-25-7-13-34-98(87)111-99-35-14-8-26-91(99)92-27-9-15-36-100(92)111/h1-63,65-70,85H,64H2. The number of allylic oxidation sites excluding steroid dienone is 2. The summed E-state index contributed by atoms with van der Waals surface area (Å²) in [6, 6.07) is 148. The van der Waals surface area contributed by atoms with Crippen LogP contribution in [0, 0.1) is 0 Å². The molecule has 0 fully saturated rings. The van der Waals surface area contributed by atoms with Gasteiger partial charge in [-0.25, -0.2) is 0 Å². The minimum atomic E-state index is 0.0387. The highest BCUT2D eigenvalue weighted by Crippen LogP contribution is 2.49. The van der Waals surface area contributed by atoms with Crippen molar-refractivity contribution >= 4 is 141 Å². The number of fused-ring (bicyclic) bond motifs is 12. The molecule has 536 valence electrons. The van der Waals surface area contributed by atoms with Crippen molar-refractivity contribution in [2.45, 2.75) is 12.5 Å². The van der Waals surface area contributed by atoms with E-state index in [9.17, 15) is 0 Å². The topological polar surface area (TPSA) is 16.3 Å². The van der Waals surface area contributed by atoms with E-state index in [0.717, 1.165) is 51.8 Å². The largest absolute Gasteiger partial charge is 0.334 e. The normalized spacial score (nSPS) is 13.0. The van der Waals surface area contributed by atoms with E-state index in [2.05, 4.69) is 438 Å². The van der Waals surface area contributed by atoms with Gasteiger partial charge in [0.25, 0.3) is 0 Å². The summed E-state index contributed by atoms with van der Waals surface area (Å²) in [6.45, 7) is 0. The minimum Gasteiger partial charge on any atom is -0.334 e. The van der Waals surface area contributed by atoms with Gasteiger partial charge < -0.3 is 18.9 Å². The van der Waals surface area contributed by atoms with Crippen molar-refractivity contribution in [3.05, 3.63) is 424 Å². The van der Waals surface area contributed by atoms with E-state index in [1.807, 2.05) is 22.7 Å². The Morgan fingerprint density at radius 1 is 0.254 bits per heavy atom. The molecule has 0 N–H and O–H groups in total. The van der Waals surface area contributed by atoms with Gasteiger partial charge in [-0.1, -0.05) is 297 Å². The predicted molar refractivity (Wildman–Crippen MR) is 489 cm³/mol. The first-order chi connectivity index (χ1) is 56.5. The van der Waals surface area contributed by atoms with Crippen LogP contribution in [0.15, 0.2) is 419 Å². The lowest BCUT2D eigenvalue weighted by atomic mass is 9.92. The van der Waals surface area contributed by atoms with Crippen molar-refractivity contribution < 1.29 is 0 Å². The molecule has 22 rings (SSSR count). The van der Waals surface area contributed by atoms with Crippen molar-refractivity contribution in [3.63, 3.8) is 0 Å². The van der Waals surface area contributed by atoms with Crippen LogP contribution in [0.2, 0.25) is 0 Å². The van der Waals surface area contributed by atoms with Gasteiger partial charge in [0.05, 0.1) is 39.5 Å². The highest BCUT2D eigenvalue weighted by atomic mass is 32.1. The molecule has 6 heteroatoms. The first-order valence-electron chi connectivity index (χ1n) is 39.2. The average Bonchev–Trinajstić information content (AvgIpc) is 1.61. The van der Waals surface area contributed by atoms with Crippen molar-refractivity contribution in [3.8, 4) is 78.1 Å². The third kappa shape index (κ3) is 11.6. The number of benzene rings is 17. The highest BCUT2D eigenvalue weighted by molar-refractivity contribution is 7.26. The van der Waals surface area contributed by atoms with Gasteiger partial charge in [-0.05, 0) is 195 Å². The van der Waals surface area contributed by atoms with Crippen molar-refractivity contribution in [2.75, 3.05) is 9.80 Å². The van der Waals surface area contributed by atoms with Crippen LogP contribution in [0.4, 0.5) is 28.4 Å². The highest BCUT2D eigenvalue weighted by Gasteiger charge is 2.26. The average molecular weight is 1490 g/mol. The molecule has 0 amide bonds. The second-order valence-electron chi connectivity index (χ2n) is 29.8. The summed E-state index contributed by atoms with van der Waals surface area (Å²) in [6.07, 6.45) is 8.10. The summed E-state index contributed by atoms with van der Waals surface area (Å²) < 4.78 is 10.1. The lowest BCUT2D eigenvalue weighted by molar-refractivity contribution is 0.787. The molecule has 1 unspecified atom stereocenters. The molecule has 21 aromatic rings. The number of nitrogens with zero attached hydrogens (tertiary/aromatic N) is 4. The Kier molecular flexibility index (Phi) is 16.4. The molecular weight excluding hydrogens is 1420 g/mol. The minimum absolute atomic E-state index is 0.0387. The number of hydrogen-bond acceptors (Lipinski definition) is 4. The van der Waals surface area contributed by atoms with Crippen LogP contribution in [0.1, 0.15) is 12.0 Å². The van der Waals surface area contributed by atoms with E-state index in [1.165, 1.54) is 156 Å². The number of thiophene rings is 2. The second-order valence-corrected chi connectivity index (χ2v) is 31.9. The third-order valence-electron chi connectivity index (χ3n) is 23.3. The zero-order chi connectivity index (χ0) is 75.2. The Labute approximate surface area is 669 Å². The summed E-state index contributed by atoms with van der Waals surface area (Å²) in [5.74, 6) is 0. The Morgan fingerprint density at radius 3 is 1.24 bits per heavy atom. The Morgan fingerprint density at radius 2 is 0.667 bits per heavy atom. The molecule has 0 saturated heterocycles. The smallest absolute Gasteiger partial charge is 0.0560 e. The van der Waals surface area contributed by atoms with E-state index >= 15 is 0 Å². The van der Waals surface area contributed by atoms with Crippen LogP contribution < -0.4 is 9.80 Å². The number of para-hydroxylation sites is 5. The number of hydrogen-bond donors (Lipinski definition) is 0. The van der Waals surface area contributed by atoms with Gasteiger partial charge in [-0.3, -0.25) is 0 Å². The third-order valence-corrected chi connectivity index (χ3v) is 25.7. The second kappa shape index (κ2) is 28.0. The molecule has 114 heavy (non-hydrogen) atoms. The summed E-state index contributed by atoms with van der Waals surface area (Å²) in [5, 5.41) is 10.1. The Balaban J connectivity index is 0.612. The van der Waals surface area contributed by atoms with Gasteiger partial charge in [-0.2, -0.15) is 0 Å². The number of aromatic nitrogens is 2. The van der Waals surface area contributed by atoms with E-state index in [0.29, 0.717) is 0 Å². The van der Waals surface area contributed by atoms with Crippen molar-refractivity contribution in [1.82, 2.24) is 9.13 Å². The molecule has 4 aromatic heterocycles. The van der Waals surface area contributed by atoms with Gasteiger partial charge in [0.1, 0.15) is 0 Å². The zero-order valence-electron chi connectivity index (χ0n) is 62.2. The molecule has 4 nitrogen and oxygen atoms in total. The molecular formula is C108H72N4S2. The molecule has 0 aliphatic heterocycles. The fraction of sp³-hybridized carbons (Fsp3) is 0.0185. The first kappa shape index (κ1) is 66.8. The van der Waals surface area contributed by atoms with Gasteiger partial charge in [-0.15, -0.1) is 22.7 Å². The summed E-state index contributed by atoms with van der Waals surface area (Å²) >= 11 is 3.75. The zero-order valence-corrected chi connectivity index (χ0v) is 63.9. The maximum Gasteiger partial charge on any atom is 0.0560 e. The van der Waals surface area contributed by atoms with Crippen LogP contribution in [-0.4, -0.2) is 15.2 Å². The fourth-order valence-electron chi connectivity index (χ4n) is 17.9. The van der Waals surface area contributed by atoms with Gasteiger partial charge in [0.15, 0.2) is 0 Å². The maximum atomic E-state index is 2.53. The Hall–Kier alpha value is -14.1. The predicted octanol–water partition coefficient (Wildman–Crippen LogP) is 30.6. The molecule has 0 radical (unpaired) electrons. The van der Waals surface area contributed by atoms with Crippen LogP contribution >= 0.6 is 22.7 Å². The molecule has 0 saturated carbocycles. The van der Waals surface area contributed by atoms with Crippen LogP contribution in [0.5, 0.6) is 0 Å². The van der Waals surface area contributed by atoms with Crippen LogP contribution in [0.3, 0.4) is 0 Å². The first-order valence-corrected chi connectivity index (χ1v) is 40.8. The van der Waals surface area contributed by atoms with E-state index in [-0.39, 0.29) is 6.04 Å². The quantitative estimate of drug-likeness (QED) is 0.102. The fourth-order valence-corrected chi connectivity index (χ4v) is 20.2. The molecule has 0 bridgehead atoms. The molecule has 1 aliphatic rings. The molecule has 17 aromatic carbocycles. The van der Waals surface area contributed by atoms with E-state index in [4.69, 9.17) is 0 Å². The maximum absolute atomic E-state index is 2.53. The molecule has 1 aliphatic carbocycles. The SMILES string of the molecule is C1=CC(N(c2ccc(-c3ccccc3)cc2)c2ccc(-c3ccc4sc5ccccc5c4c3)cc2)CC=C1c1ccc(-c2cccc3c2sc2cccc(-c4ccc(N(c5ccc(-c6ccccc6)cc5)c5ccc(-c6ccccc6-n6c7ccccc7c7ccccc76)cc5)cc4)c23)cc1-n1c2ccccc2c2ccccc21. The number of anilines is 5. The van der Waals surface area contributed by atoms with Crippen molar-refractivity contribution in [2.24, 2.45) is 0 Å². The summed E-state index contributed by atoms with van der Waals surface area (Å²) in [7, 11) is 0. The lowest BCUT2D eigenvalue weighted by Gasteiger charge is -2.33. The molecule has 4 heterocycles. The van der Waals surface area contributed by atoms with Crippen LogP contribution in [0.25, 0.3) is 168 Å². The van der Waals surface area contributed by atoms with E-state index in [1.54, 1.807) is 0 Å². The van der Waals surface area contributed by atoms with Gasteiger partial charge in [0, 0.05) is 101 Å². The Bertz CT molecular complexity index is 7240. The van der Waals surface area contributed by atoms with Gasteiger partial charge >= 0.3 is 0 Å². The number of rotatable bonds is 15. The summed E-state index contributed by atoms with van der Waals surface area (Å²) in [5.41, 5.74) is 29.2.